The fraction of sp³-hybridized carbons (Fsp3) is 0.714. The minimum Gasteiger partial charge on any atom is -0.504 e. The molecule has 0 spiro atoms. The lowest BCUT2D eigenvalue weighted by atomic mass is 9.56. The first kappa shape index (κ1) is 15.4. The molecule has 3 aliphatic rings. The summed E-state index contributed by atoms with van der Waals surface area (Å²) < 4.78 is 5.79. The van der Waals surface area contributed by atoms with Gasteiger partial charge in [-0.15, -0.1) is 0 Å². The summed E-state index contributed by atoms with van der Waals surface area (Å²) >= 11 is 0. The van der Waals surface area contributed by atoms with Crippen molar-refractivity contribution in [2.75, 3.05) is 6.61 Å². The van der Waals surface area contributed by atoms with E-state index in [2.05, 4.69) is 19.9 Å². The number of fused-ring (bicyclic) bond motifs is 5. The standard InChI is InChI=1S/C21H30O2/c1-3-11-23-20-13-17-14(12-19(20)22)6-7-16-15(17)8-10-21(2)9-4-5-18(16)21/h12-13,15-16,18,22H,3-11H2,1-2H3/t15-,16+,18-,21-/m0/s1. The monoisotopic (exact) mass is 314 g/mol. The van der Waals surface area contributed by atoms with E-state index in [1.54, 1.807) is 0 Å². The van der Waals surface area contributed by atoms with Gasteiger partial charge in [-0.2, -0.15) is 0 Å². The van der Waals surface area contributed by atoms with E-state index >= 15 is 0 Å². The van der Waals surface area contributed by atoms with Crippen LogP contribution in [0.25, 0.3) is 0 Å². The molecule has 0 saturated heterocycles. The van der Waals surface area contributed by atoms with Gasteiger partial charge in [0.1, 0.15) is 0 Å². The van der Waals surface area contributed by atoms with Crippen LogP contribution in [0.4, 0.5) is 0 Å². The molecule has 3 aliphatic carbocycles. The predicted molar refractivity (Wildman–Crippen MR) is 93.1 cm³/mol. The van der Waals surface area contributed by atoms with Crippen LogP contribution < -0.4 is 4.74 Å². The summed E-state index contributed by atoms with van der Waals surface area (Å²) in [5.41, 5.74) is 3.46. The zero-order valence-electron chi connectivity index (χ0n) is 14.6. The number of aryl methyl sites for hydroxylation is 1. The summed E-state index contributed by atoms with van der Waals surface area (Å²) in [5, 5.41) is 10.3. The number of aromatic hydroxyl groups is 1. The molecule has 2 heteroatoms. The maximum absolute atomic E-state index is 10.3. The molecule has 4 rings (SSSR count). The van der Waals surface area contributed by atoms with Gasteiger partial charge < -0.3 is 9.84 Å². The van der Waals surface area contributed by atoms with Crippen molar-refractivity contribution in [3.63, 3.8) is 0 Å². The van der Waals surface area contributed by atoms with Crippen LogP contribution in [0.1, 0.15) is 75.8 Å². The second-order valence-corrected chi connectivity index (χ2v) is 8.37. The molecule has 1 aromatic rings. The van der Waals surface area contributed by atoms with E-state index in [-0.39, 0.29) is 0 Å². The van der Waals surface area contributed by atoms with Crippen LogP contribution in [-0.2, 0) is 6.42 Å². The van der Waals surface area contributed by atoms with Gasteiger partial charge in [-0.3, -0.25) is 0 Å². The van der Waals surface area contributed by atoms with Gasteiger partial charge in [0.15, 0.2) is 11.5 Å². The van der Waals surface area contributed by atoms with Crippen LogP contribution in [0.5, 0.6) is 11.5 Å². The van der Waals surface area contributed by atoms with E-state index in [4.69, 9.17) is 4.74 Å². The van der Waals surface area contributed by atoms with Crippen LogP contribution >= 0.6 is 0 Å². The maximum atomic E-state index is 10.3. The summed E-state index contributed by atoms with van der Waals surface area (Å²) in [7, 11) is 0. The van der Waals surface area contributed by atoms with Crippen LogP contribution in [0.15, 0.2) is 12.1 Å². The first-order valence-corrected chi connectivity index (χ1v) is 9.61. The Kier molecular flexibility index (Phi) is 3.82. The third kappa shape index (κ3) is 2.45. The second-order valence-electron chi connectivity index (χ2n) is 8.37. The summed E-state index contributed by atoms with van der Waals surface area (Å²) in [5.74, 6) is 3.50. The van der Waals surface area contributed by atoms with E-state index in [9.17, 15) is 5.11 Å². The van der Waals surface area contributed by atoms with Gasteiger partial charge in [0.25, 0.3) is 0 Å². The number of hydrogen-bond donors (Lipinski definition) is 1. The average Bonchev–Trinajstić information content (AvgIpc) is 2.94. The third-order valence-electron chi connectivity index (χ3n) is 7.05. The molecule has 4 atom stereocenters. The molecule has 2 nitrogen and oxygen atoms in total. The zero-order chi connectivity index (χ0) is 16.0. The van der Waals surface area contributed by atoms with E-state index in [1.807, 2.05) is 6.07 Å². The molecule has 0 radical (unpaired) electrons. The van der Waals surface area contributed by atoms with Gasteiger partial charge in [-0.25, -0.2) is 0 Å². The Balaban J connectivity index is 1.67. The number of ether oxygens (including phenoxy) is 1. The highest BCUT2D eigenvalue weighted by Gasteiger charge is 2.50. The molecule has 0 heterocycles. The molecular weight excluding hydrogens is 284 g/mol. The lowest BCUT2D eigenvalue weighted by Crippen LogP contribution is -2.39. The predicted octanol–water partition coefficient (Wildman–Crippen LogP) is 5.43. The molecule has 1 aromatic carbocycles. The van der Waals surface area contributed by atoms with Gasteiger partial charge in [0, 0.05) is 0 Å². The van der Waals surface area contributed by atoms with Gasteiger partial charge >= 0.3 is 0 Å². The first-order chi connectivity index (χ1) is 11.1. The van der Waals surface area contributed by atoms with Crippen molar-refractivity contribution in [2.24, 2.45) is 17.3 Å². The molecule has 0 amide bonds. The lowest BCUT2D eigenvalue weighted by Gasteiger charge is -2.49. The highest BCUT2D eigenvalue weighted by atomic mass is 16.5. The molecular formula is C21H30O2. The normalized spacial score (nSPS) is 35.3. The topological polar surface area (TPSA) is 29.5 Å². The summed E-state index contributed by atoms with van der Waals surface area (Å²) in [6.45, 7) is 5.33. The van der Waals surface area contributed by atoms with Gasteiger partial charge in [-0.1, -0.05) is 20.3 Å². The SMILES string of the molecule is CCCOc1cc2c(cc1O)CC[C@@H]1[C@@H]2CC[C@]2(C)CCC[C@@H]12. The van der Waals surface area contributed by atoms with Crippen LogP contribution in [-0.4, -0.2) is 11.7 Å². The third-order valence-corrected chi connectivity index (χ3v) is 7.05. The molecule has 1 N–H and O–H groups in total. The Morgan fingerprint density at radius 1 is 1.22 bits per heavy atom. The highest BCUT2D eigenvalue weighted by Crippen LogP contribution is 2.61. The van der Waals surface area contributed by atoms with Crippen molar-refractivity contribution in [1.82, 2.24) is 0 Å². The molecule has 2 saturated carbocycles. The van der Waals surface area contributed by atoms with E-state index in [0.717, 1.165) is 24.7 Å². The number of benzene rings is 1. The molecule has 0 unspecified atom stereocenters. The minimum absolute atomic E-state index is 0.331. The molecule has 126 valence electrons. The number of rotatable bonds is 3. The fourth-order valence-corrected chi connectivity index (χ4v) is 5.91. The largest absolute Gasteiger partial charge is 0.504 e. The van der Waals surface area contributed by atoms with Crippen LogP contribution in [0.3, 0.4) is 0 Å². The molecule has 0 aromatic heterocycles. The van der Waals surface area contributed by atoms with Crippen molar-refractivity contribution in [1.29, 1.82) is 0 Å². The van der Waals surface area contributed by atoms with E-state index < -0.39 is 0 Å². The Labute approximate surface area is 140 Å². The zero-order valence-corrected chi connectivity index (χ0v) is 14.6. The first-order valence-electron chi connectivity index (χ1n) is 9.61. The number of phenols is 1. The quantitative estimate of drug-likeness (QED) is 0.806. The number of phenolic OH excluding ortho intramolecular Hbond substituents is 1. The fourth-order valence-electron chi connectivity index (χ4n) is 5.91. The van der Waals surface area contributed by atoms with Crippen molar-refractivity contribution in [2.45, 2.75) is 71.1 Å². The highest BCUT2D eigenvalue weighted by molar-refractivity contribution is 5.49. The van der Waals surface area contributed by atoms with Gasteiger partial charge in [0.05, 0.1) is 6.61 Å². The summed E-state index contributed by atoms with van der Waals surface area (Å²) in [4.78, 5) is 0. The Bertz CT molecular complexity index is 594. The Morgan fingerprint density at radius 3 is 2.91 bits per heavy atom. The molecule has 0 bridgehead atoms. The molecule has 2 fully saturated rings. The van der Waals surface area contributed by atoms with Crippen LogP contribution in [0, 0.1) is 17.3 Å². The van der Waals surface area contributed by atoms with Gasteiger partial charge in [-0.05, 0) is 91.4 Å². The maximum Gasteiger partial charge on any atom is 0.161 e. The van der Waals surface area contributed by atoms with E-state index in [1.165, 1.54) is 49.7 Å². The smallest absolute Gasteiger partial charge is 0.161 e. The van der Waals surface area contributed by atoms with Crippen molar-refractivity contribution in [3.05, 3.63) is 23.3 Å². The Hall–Kier alpha value is -1.18. The van der Waals surface area contributed by atoms with Gasteiger partial charge in [0.2, 0.25) is 0 Å². The lowest BCUT2D eigenvalue weighted by molar-refractivity contribution is 0.0597. The molecule has 0 aliphatic heterocycles. The van der Waals surface area contributed by atoms with Crippen molar-refractivity contribution < 1.29 is 9.84 Å². The second kappa shape index (κ2) is 5.72. The minimum atomic E-state index is 0.331. The molecule has 23 heavy (non-hydrogen) atoms. The number of hydrogen-bond acceptors (Lipinski definition) is 2. The summed E-state index contributed by atoms with van der Waals surface area (Å²) in [6, 6.07) is 4.16. The summed E-state index contributed by atoms with van der Waals surface area (Å²) in [6.07, 6.45) is 10.4. The van der Waals surface area contributed by atoms with Crippen LogP contribution in [0.2, 0.25) is 0 Å². The van der Waals surface area contributed by atoms with E-state index in [0.29, 0.717) is 29.4 Å². The average molecular weight is 314 g/mol. The van der Waals surface area contributed by atoms with Crippen molar-refractivity contribution in [3.8, 4) is 11.5 Å². The van der Waals surface area contributed by atoms with Crippen molar-refractivity contribution >= 4 is 0 Å². The Morgan fingerprint density at radius 2 is 2.09 bits per heavy atom.